The molecule has 0 aromatic rings. The highest BCUT2D eigenvalue weighted by molar-refractivity contribution is 4.10. The number of rotatable bonds is 2. The molecular formula is C4H12NO+. The second-order valence-corrected chi connectivity index (χ2v) is 1.53. The van der Waals surface area contributed by atoms with Crippen molar-refractivity contribution in [3.8, 4) is 0 Å². The van der Waals surface area contributed by atoms with Crippen molar-refractivity contribution >= 4 is 0 Å². The van der Waals surface area contributed by atoms with Gasteiger partial charge < -0.3 is 10.00 Å². The third-order valence-corrected chi connectivity index (χ3v) is 0.547. The molecule has 0 unspecified atom stereocenters. The molecule has 0 spiro atoms. The first-order chi connectivity index (χ1) is 3.06. The molecule has 2 N–H and O–H groups in total. The fraction of sp³-hybridized carbons (Fsp3) is 1.00. The van der Waals surface area contributed by atoms with Crippen LogP contribution in [0, 0.1) is 0 Å². The highest BCUT2D eigenvalue weighted by Gasteiger charge is 1.84. The van der Waals surface area contributed by atoms with Crippen LogP contribution in [-0.4, -0.2) is 32.4 Å². The van der Waals surface area contributed by atoms with E-state index in [4.69, 9.17) is 6.52 Å². The summed E-state index contributed by atoms with van der Waals surface area (Å²) >= 11 is 0. The second-order valence-electron chi connectivity index (χ2n) is 1.53. The van der Waals surface area contributed by atoms with Crippen LogP contribution in [-0.2, 0) is 0 Å². The molecular weight excluding hydrogens is 78.0 g/mol. The predicted octanol–water partition coefficient (Wildman–Crippen LogP) is -1.88. The topological polar surface area (TPSA) is 24.7 Å². The van der Waals surface area contributed by atoms with Gasteiger partial charge in [0.15, 0.2) is 0 Å². The molecule has 2 heteroatoms. The summed E-state index contributed by atoms with van der Waals surface area (Å²) in [7, 11) is 3.44. The molecule has 0 saturated heterocycles. The Morgan fingerprint density at radius 3 is 2.33 bits per heavy atom. The molecule has 6 heavy (non-hydrogen) atoms. The molecule has 0 saturated carbocycles. The molecule has 0 aliphatic carbocycles. The van der Waals surface area contributed by atoms with Gasteiger partial charge in [0.25, 0.3) is 0 Å². The molecule has 0 amide bonds. The van der Waals surface area contributed by atoms with Crippen LogP contribution in [0.15, 0.2) is 0 Å². The zero-order chi connectivity index (χ0) is 5.91. The Kier molecular flexibility index (Phi) is 2.13. The van der Waals surface area contributed by atoms with E-state index in [1.165, 1.54) is 0 Å². The van der Waals surface area contributed by atoms with E-state index in [-0.39, 0.29) is 11.5 Å². The van der Waals surface area contributed by atoms with E-state index >= 15 is 0 Å². The fourth-order valence-electron chi connectivity index (χ4n) is 0.200. The molecule has 2 nitrogen and oxygen atoms in total. The summed E-state index contributed by atoms with van der Waals surface area (Å²) in [5, 5.41) is 8.27. The van der Waals surface area contributed by atoms with Crippen LogP contribution in [0.25, 0.3) is 0 Å². The van der Waals surface area contributed by atoms with E-state index in [2.05, 4.69) is 0 Å². The average Bonchev–Trinajstić information content (AvgIpc) is 1.30. The van der Waals surface area contributed by atoms with Crippen LogP contribution in [0.2, 0.25) is 1.41 Å². The quantitative estimate of drug-likeness (QED) is 0.409. The molecule has 0 radical (unpaired) electrons. The lowest BCUT2D eigenvalue weighted by molar-refractivity contribution is -0.858. The van der Waals surface area contributed by atoms with Crippen LogP contribution >= 0.6 is 0 Å². The molecule has 38 valence electrons. The number of hydrogen-bond donors (Lipinski definition) is 2. The Hall–Kier alpha value is -0.0800. The normalized spacial score (nSPS) is 14.2. The molecule has 0 fully saturated rings. The maximum absolute atomic E-state index is 8.27. The van der Waals surface area contributed by atoms with Crippen LogP contribution in [0.1, 0.15) is 0 Å². The minimum absolute atomic E-state index is 0.0938. The van der Waals surface area contributed by atoms with Crippen molar-refractivity contribution in [3.63, 3.8) is 0 Å². The van der Waals surface area contributed by atoms with Gasteiger partial charge in [0, 0.05) is 0 Å². The lowest BCUT2D eigenvalue weighted by Crippen LogP contribution is -3.06. The summed E-state index contributed by atoms with van der Waals surface area (Å²) in [6.07, 6.45) is 0. The molecule has 0 heterocycles. The highest BCUT2D eigenvalue weighted by Crippen LogP contribution is 1.35. The first-order valence-electron chi connectivity index (χ1n) is 2.47. The van der Waals surface area contributed by atoms with Crippen molar-refractivity contribution in [2.45, 2.75) is 0 Å². The molecule has 0 atom stereocenters. The van der Waals surface area contributed by atoms with Gasteiger partial charge in [-0.05, 0) is 0 Å². The average molecular weight is 92.2 g/mol. The molecule has 0 bridgehead atoms. The largest absolute Gasteiger partial charge is 0.391 e. The predicted molar refractivity (Wildman–Crippen MR) is 24.8 cm³/mol. The maximum atomic E-state index is 8.27. The molecule has 0 rings (SSSR count). The monoisotopic (exact) mass is 92.1 g/mol. The Morgan fingerprint density at radius 2 is 2.33 bits per heavy atom. The van der Waals surface area contributed by atoms with Gasteiger partial charge in [-0.2, -0.15) is 0 Å². The summed E-state index contributed by atoms with van der Waals surface area (Å²) in [5.41, 5.74) is 0. The summed E-state index contributed by atoms with van der Waals surface area (Å²) in [6.45, 7) is 0.594. The van der Waals surface area contributed by atoms with Crippen molar-refractivity contribution in [3.05, 3.63) is 0 Å². The van der Waals surface area contributed by atoms with Gasteiger partial charge in [-0.15, -0.1) is 0 Å². The van der Waals surface area contributed by atoms with Gasteiger partial charge in [-0.3, -0.25) is 0 Å². The molecule has 0 aliphatic rings. The van der Waals surface area contributed by atoms with Crippen molar-refractivity contribution in [1.82, 2.24) is 0 Å². The van der Waals surface area contributed by atoms with E-state index in [1.807, 2.05) is 0 Å². The smallest absolute Gasteiger partial charge is 0.347 e. The maximum Gasteiger partial charge on any atom is 0.347 e. The van der Waals surface area contributed by atoms with Crippen molar-refractivity contribution < 1.29 is 11.4 Å². The van der Waals surface area contributed by atoms with Gasteiger partial charge in [0.05, 0.1) is 20.7 Å². The summed E-state index contributed by atoms with van der Waals surface area (Å²) in [5.74, 6) is 0. The molecule has 0 aliphatic heterocycles. The SMILES string of the molecule is [3H][N+](C)(C)CCO. The van der Waals surface area contributed by atoms with Crippen LogP contribution in [0.5, 0.6) is 0 Å². The number of quaternary nitrogens is 1. The van der Waals surface area contributed by atoms with Gasteiger partial charge in [-0.1, -0.05) is 0 Å². The Balaban J connectivity index is 3.15. The van der Waals surface area contributed by atoms with Gasteiger partial charge in [0.1, 0.15) is 6.54 Å². The van der Waals surface area contributed by atoms with E-state index in [0.29, 0.717) is 6.54 Å². The fourth-order valence-corrected chi connectivity index (χ4v) is 0.200. The lowest BCUT2D eigenvalue weighted by Gasteiger charge is -2.00. The van der Waals surface area contributed by atoms with Crippen LogP contribution < -0.4 is 4.89 Å². The summed E-state index contributed by atoms with van der Waals surface area (Å²) in [4.78, 5) is 0.0938. The van der Waals surface area contributed by atoms with Gasteiger partial charge in [0.2, 0.25) is 0 Å². The van der Waals surface area contributed by atoms with Crippen molar-refractivity contribution in [2.24, 2.45) is 0 Å². The Labute approximate surface area is 39.9 Å². The summed E-state index contributed by atoms with van der Waals surface area (Å²) in [6, 6.07) is 0. The van der Waals surface area contributed by atoms with Crippen molar-refractivity contribution in [2.75, 3.05) is 27.2 Å². The Bertz CT molecular complexity index is 50.1. The summed E-state index contributed by atoms with van der Waals surface area (Å²) < 4.78 is 7.11. The molecule has 0 aromatic heterocycles. The minimum Gasteiger partial charge on any atom is -0.391 e. The third-order valence-electron chi connectivity index (χ3n) is 0.547. The highest BCUT2D eigenvalue weighted by atomic mass is 16.3. The van der Waals surface area contributed by atoms with E-state index in [1.54, 1.807) is 14.1 Å². The minimum atomic E-state index is 0.0938. The van der Waals surface area contributed by atoms with Crippen LogP contribution in [0.3, 0.4) is 0 Å². The van der Waals surface area contributed by atoms with Crippen molar-refractivity contribution in [1.29, 1.82) is 0 Å². The van der Waals surface area contributed by atoms with Gasteiger partial charge >= 0.3 is 1.41 Å². The Morgan fingerprint density at radius 1 is 1.83 bits per heavy atom. The molecule has 0 aromatic carbocycles. The first kappa shape index (κ1) is 4.09. The standard InChI is InChI=1S/C4H11NO/c1-5(2)3-4-6/h6H,3-4H2,1-2H3/p+1/i/hT. The number of aliphatic hydroxyl groups excluding tert-OH is 1. The number of nitrogens with one attached hydrogen (secondary N) is 1. The van der Waals surface area contributed by atoms with Gasteiger partial charge in [-0.25, -0.2) is 0 Å². The second kappa shape index (κ2) is 3.12. The van der Waals surface area contributed by atoms with E-state index in [9.17, 15) is 0 Å². The zero-order valence-electron chi connectivity index (χ0n) is 5.31. The number of aliphatic hydroxyl groups is 1. The number of likely N-dealkylation sites (N-methyl/N-ethyl adjacent to an activating group) is 1. The lowest BCUT2D eigenvalue weighted by atomic mass is 10.6. The third kappa shape index (κ3) is 3.92. The van der Waals surface area contributed by atoms with E-state index in [0.717, 1.165) is 0 Å². The first-order valence-corrected chi connectivity index (χ1v) is 2.03. The number of hydrogen-bond acceptors (Lipinski definition) is 1. The van der Waals surface area contributed by atoms with E-state index < -0.39 is 0 Å². The zero-order valence-corrected chi connectivity index (χ0v) is 4.31. The van der Waals surface area contributed by atoms with Crippen LogP contribution in [0.4, 0.5) is 0 Å².